The Morgan fingerprint density at radius 3 is 2.20 bits per heavy atom. The zero-order chi connectivity index (χ0) is 21.9. The number of rotatable bonds is 6. The molecule has 3 aromatic carbocycles. The van der Waals surface area contributed by atoms with Crippen LogP contribution in [-0.4, -0.2) is 14.3 Å². The van der Waals surface area contributed by atoms with E-state index in [4.69, 9.17) is 0 Å². The Hall–Kier alpha value is -3.19. The average Bonchev–Trinajstić information content (AvgIpc) is 2.70. The molecule has 2 N–H and O–H groups in total. The lowest BCUT2D eigenvalue weighted by Gasteiger charge is -2.16. The predicted octanol–water partition coefficient (Wildman–Crippen LogP) is 4.73. The summed E-state index contributed by atoms with van der Waals surface area (Å²) in [4.78, 5) is 12.7. The molecule has 1 amide bonds. The van der Waals surface area contributed by atoms with E-state index in [1.165, 1.54) is 18.2 Å². The molecule has 0 heterocycles. The fraction of sp³-hybridized carbons (Fsp3) is 0.174. The van der Waals surface area contributed by atoms with Crippen molar-refractivity contribution in [3.05, 3.63) is 94.8 Å². The molecule has 0 unspecified atom stereocenters. The number of halogens is 1. The minimum atomic E-state index is -3.87. The van der Waals surface area contributed by atoms with E-state index >= 15 is 0 Å². The molecule has 0 aromatic heterocycles. The van der Waals surface area contributed by atoms with Gasteiger partial charge in [0.1, 0.15) is 5.82 Å². The molecule has 0 spiro atoms. The third kappa shape index (κ3) is 5.04. The number of carbonyl (C=O) groups is 1. The Bertz CT molecular complexity index is 1160. The Morgan fingerprint density at radius 2 is 1.57 bits per heavy atom. The van der Waals surface area contributed by atoms with Crippen LogP contribution in [0.5, 0.6) is 0 Å². The maximum absolute atomic E-state index is 13.1. The van der Waals surface area contributed by atoms with Crippen LogP contribution in [-0.2, 0) is 10.0 Å². The van der Waals surface area contributed by atoms with E-state index in [0.29, 0.717) is 11.3 Å². The normalized spacial score (nSPS) is 12.3. The highest BCUT2D eigenvalue weighted by atomic mass is 32.2. The smallest absolute Gasteiger partial charge is 0.262 e. The summed E-state index contributed by atoms with van der Waals surface area (Å²) in [6.07, 6.45) is 0. The van der Waals surface area contributed by atoms with Gasteiger partial charge in [-0.1, -0.05) is 35.9 Å². The van der Waals surface area contributed by atoms with Gasteiger partial charge in [-0.15, -0.1) is 0 Å². The quantitative estimate of drug-likeness (QED) is 0.598. The fourth-order valence-electron chi connectivity index (χ4n) is 2.98. The van der Waals surface area contributed by atoms with Gasteiger partial charge in [0.2, 0.25) is 0 Å². The molecular formula is C23H23FN2O3S. The van der Waals surface area contributed by atoms with Gasteiger partial charge in [-0.2, -0.15) is 0 Å². The molecule has 3 rings (SSSR count). The van der Waals surface area contributed by atoms with Gasteiger partial charge in [0.25, 0.3) is 15.9 Å². The van der Waals surface area contributed by atoms with Gasteiger partial charge in [0.05, 0.1) is 10.9 Å². The van der Waals surface area contributed by atoms with E-state index in [9.17, 15) is 17.6 Å². The van der Waals surface area contributed by atoms with Gasteiger partial charge < -0.3 is 5.32 Å². The van der Waals surface area contributed by atoms with E-state index in [-0.39, 0.29) is 22.3 Å². The first kappa shape index (κ1) is 21.5. The Kier molecular flexibility index (Phi) is 6.22. The molecule has 7 heteroatoms. The first-order valence-electron chi connectivity index (χ1n) is 9.42. The molecule has 0 fully saturated rings. The fourth-order valence-corrected chi connectivity index (χ4v) is 4.31. The minimum absolute atomic E-state index is 0.0326. The monoisotopic (exact) mass is 426 g/mol. The van der Waals surface area contributed by atoms with Crippen molar-refractivity contribution in [1.82, 2.24) is 5.32 Å². The van der Waals surface area contributed by atoms with Crippen LogP contribution in [0.15, 0.2) is 71.6 Å². The molecule has 30 heavy (non-hydrogen) atoms. The van der Waals surface area contributed by atoms with Crippen molar-refractivity contribution in [2.24, 2.45) is 0 Å². The highest BCUT2D eigenvalue weighted by molar-refractivity contribution is 7.92. The molecule has 3 aromatic rings. The van der Waals surface area contributed by atoms with Crippen LogP contribution in [0.3, 0.4) is 0 Å². The van der Waals surface area contributed by atoms with E-state index in [1.54, 1.807) is 50.2 Å². The van der Waals surface area contributed by atoms with Gasteiger partial charge in [-0.05, 0) is 68.3 Å². The van der Waals surface area contributed by atoms with Crippen molar-refractivity contribution in [2.75, 3.05) is 4.72 Å². The predicted molar refractivity (Wildman–Crippen MR) is 115 cm³/mol. The second-order valence-corrected chi connectivity index (χ2v) is 8.85. The second kappa shape index (κ2) is 8.67. The molecule has 5 nitrogen and oxygen atoms in total. The number of benzene rings is 3. The zero-order valence-electron chi connectivity index (χ0n) is 16.9. The Labute approximate surface area is 176 Å². The number of hydrogen-bond donors (Lipinski definition) is 2. The minimum Gasteiger partial charge on any atom is -0.346 e. The van der Waals surface area contributed by atoms with Crippen LogP contribution in [0.2, 0.25) is 0 Å². The van der Waals surface area contributed by atoms with E-state index < -0.39 is 15.9 Å². The summed E-state index contributed by atoms with van der Waals surface area (Å²) in [6.45, 7) is 5.36. The van der Waals surface area contributed by atoms with E-state index in [0.717, 1.165) is 11.1 Å². The molecule has 0 aliphatic carbocycles. The van der Waals surface area contributed by atoms with Crippen LogP contribution in [0.1, 0.15) is 40.0 Å². The summed E-state index contributed by atoms with van der Waals surface area (Å²) in [6, 6.07) is 17.0. The first-order valence-corrected chi connectivity index (χ1v) is 10.9. The van der Waals surface area contributed by atoms with Crippen LogP contribution in [0.25, 0.3) is 0 Å². The number of anilines is 1. The van der Waals surface area contributed by atoms with Gasteiger partial charge in [0, 0.05) is 11.3 Å². The van der Waals surface area contributed by atoms with Crippen molar-refractivity contribution >= 4 is 21.6 Å². The van der Waals surface area contributed by atoms with E-state index in [1.807, 2.05) is 19.1 Å². The highest BCUT2D eigenvalue weighted by Crippen LogP contribution is 2.22. The number of hydrogen-bond acceptors (Lipinski definition) is 3. The number of aryl methyl sites for hydroxylation is 2. The van der Waals surface area contributed by atoms with Crippen molar-refractivity contribution < 1.29 is 17.6 Å². The molecular weight excluding hydrogens is 403 g/mol. The number of sulfonamides is 1. The van der Waals surface area contributed by atoms with Crippen LogP contribution < -0.4 is 10.0 Å². The molecule has 0 saturated heterocycles. The van der Waals surface area contributed by atoms with Crippen LogP contribution in [0.4, 0.5) is 10.1 Å². The van der Waals surface area contributed by atoms with Gasteiger partial charge in [-0.25, -0.2) is 12.8 Å². The van der Waals surface area contributed by atoms with Crippen LogP contribution in [0, 0.1) is 19.7 Å². The lowest BCUT2D eigenvalue weighted by molar-refractivity contribution is 0.0939. The molecule has 0 aliphatic heterocycles. The van der Waals surface area contributed by atoms with Crippen molar-refractivity contribution in [3.63, 3.8) is 0 Å². The summed E-state index contributed by atoms with van der Waals surface area (Å²) in [5.41, 5.74) is 2.95. The number of nitrogens with one attached hydrogen (secondary N) is 2. The summed E-state index contributed by atoms with van der Waals surface area (Å²) >= 11 is 0. The molecule has 0 saturated carbocycles. The van der Waals surface area contributed by atoms with Crippen LogP contribution >= 0.6 is 0 Å². The maximum Gasteiger partial charge on any atom is 0.262 e. The summed E-state index contributed by atoms with van der Waals surface area (Å²) in [5.74, 6) is -0.773. The summed E-state index contributed by atoms with van der Waals surface area (Å²) in [7, 11) is -3.87. The molecule has 0 bridgehead atoms. The van der Waals surface area contributed by atoms with Gasteiger partial charge >= 0.3 is 0 Å². The molecule has 156 valence electrons. The van der Waals surface area contributed by atoms with E-state index in [2.05, 4.69) is 10.0 Å². The molecule has 0 radical (unpaired) electrons. The van der Waals surface area contributed by atoms with Gasteiger partial charge in [-0.3, -0.25) is 9.52 Å². The van der Waals surface area contributed by atoms with Gasteiger partial charge in [0.15, 0.2) is 0 Å². The average molecular weight is 427 g/mol. The zero-order valence-corrected chi connectivity index (χ0v) is 17.8. The Morgan fingerprint density at radius 1 is 0.933 bits per heavy atom. The molecule has 0 aliphatic rings. The topological polar surface area (TPSA) is 75.3 Å². The Balaban J connectivity index is 1.82. The molecule has 1 atom stereocenters. The summed E-state index contributed by atoms with van der Waals surface area (Å²) < 4.78 is 41.4. The highest BCUT2D eigenvalue weighted by Gasteiger charge is 2.20. The van der Waals surface area contributed by atoms with Crippen molar-refractivity contribution in [1.29, 1.82) is 0 Å². The SMILES string of the molecule is Cc1ccc(NS(=O)(=O)c2cc(C(=O)N[C@@H](C)c3ccc(F)cc3)ccc2C)cc1. The standard InChI is InChI=1S/C23H23FN2O3S/c1-15-4-12-21(13-5-15)26-30(28,29)22-14-19(7-6-16(22)2)23(27)25-17(3)18-8-10-20(24)11-9-18/h4-14,17,26H,1-3H3,(H,25,27)/t17-/m0/s1. The largest absolute Gasteiger partial charge is 0.346 e. The number of carbonyl (C=O) groups excluding carboxylic acids is 1. The van der Waals surface area contributed by atoms with Crippen molar-refractivity contribution in [3.8, 4) is 0 Å². The third-order valence-corrected chi connectivity index (χ3v) is 6.28. The lowest BCUT2D eigenvalue weighted by atomic mass is 10.1. The first-order chi connectivity index (χ1) is 14.2. The summed E-state index contributed by atoms with van der Waals surface area (Å²) in [5, 5.41) is 2.81. The number of amides is 1. The second-order valence-electron chi connectivity index (χ2n) is 7.20. The van der Waals surface area contributed by atoms with Crippen molar-refractivity contribution in [2.45, 2.75) is 31.7 Å². The third-order valence-electron chi connectivity index (χ3n) is 4.76. The maximum atomic E-state index is 13.1. The lowest BCUT2D eigenvalue weighted by Crippen LogP contribution is -2.27.